The summed E-state index contributed by atoms with van der Waals surface area (Å²) in [6.45, 7) is 2.53. The predicted octanol–water partition coefficient (Wildman–Crippen LogP) is 2.21. The second-order valence-electron chi connectivity index (χ2n) is 5.07. The molecular formula is C14H21ClN2O. The third-order valence-electron chi connectivity index (χ3n) is 3.66. The van der Waals surface area contributed by atoms with E-state index in [1.807, 2.05) is 37.3 Å². The molecule has 1 fully saturated rings. The first-order valence-corrected chi connectivity index (χ1v) is 6.22. The Kier molecular flexibility index (Phi) is 5.17. The fourth-order valence-corrected chi connectivity index (χ4v) is 2.12. The molecule has 1 unspecified atom stereocenters. The van der Waals surface area contributed by atoms with Gasteiger partial charge in [0.05, 0.1) is 5.92 Å². The zero-order chi connectivity index (χ0) is 12.3. The Bertz CT molecular complexity index is 390. The normalized spacial score (nSPS) is 18.1. The molecule has 0 saturated heterocycles. The van der Waals surface area contributed by atoms with Gasteiger partial charge >= 0.3 is 0 Å². The Hall–Kier alpha value is -1.06. The Morgan fingerprint density at radius 2 is 2.00 bits per heavy atom. The molecule has 1 aromatic carbocycles. The highest BCUT2D eigenvalue weighted by molar-refractivity contribution is 5.85. The third kappa shape index (κ3) is 3.47. The van der Waals surface area contributed by atoms with Crippen molar-refractivity contribution in [2.75, 3.05) is 6.54 Å². The molecule has 0 aromatic heterocycles. The predicted molar refractivity (Wildman–Crippen MR) is 75.9 cm³/mol. The standard InChI is InChI=1S/C14H20N2O.ClH/c1-11(12-6-3-2-4-7-12)13(17)16-10-14(15)8-5-9-14;/h2-4,6-7,11H,5,8-10,15H2,1H3,(H,16,17);1H. The highest BCUT2D eigenvalue weighted by Crippen LogP contribution is 2.28. The molecule has 1 aliphatic rings. The average Bonchev–Trinajstić information content (AvgIpc) is 2.33. The molecule has 100 valence electrons. The minimum atomic E-state index is -0.147. The van der Waals surface area contributed by atoms with E-state index in [1.165, 1.54) is 6.42 Å². The number of benzene rings is 1. The Morgan fingerprint density at radius 3 is 2.50 bits per heavy atom. The monoisotopic (exact) mass is 268 g/mol. The molecule has 0 bridgehead atoms. The Balaban J connectivity index is 0.00000162. The smallest absolute Gasteiger partial charge is 0.227 e. The number of hydrogen-bond donors (Lipinski definition) is 2. The lowest BCUT2D eigenvalue weighted by atomic mass is 9.77. The van der Waals surface area contributed by atoms with Crippen molar-refractivity contribution in [3.05, 3.63) is 35.9 Å². The van der Waals surface area contributed by atoms with Crippen molar-refractivity contribution in [2.45, 2.75) is 37.6 Å². The van der Waals surface area contributed by atoms with E-state index in [9.17, 15) is 4.79 Å². The van der Waals surface area contributed by atoms with Gasteiger partial charge in [0.1, 0.15) is 0 Å². The quantitative estimate of drug-likeness (QED) is 0.880. The Morgan fingerprint density at radius 1 is 1.39 bits per heavy atom. The molecule has 0 aliphatic heterocycles. The van der Waals surface area contributed by atoms with E-state index in [-0.39, 0.29) is 29.8 Å². The summed E-state index contributed by atoms with van der Waals surface area (Å²) in [6, 6.07) is 9.82. The summed E-state index contributed by atoms with van der Waals surface area (Å²) >= 11 is 0. The second kappa shape index (κ2) is 6.21. The van der Waals surface area contributed by atoms with Crippen molar-refractivity contribution in [3.8, 4) is 0 Å². The molecule has 0 spiro atoms. The van der Waals surface area contributed by atoms with Gasteiger partial charge in [0.25, 0.3) is 0 Å². The molecule has 0 heterocycles. The molecule has 18 heavy (non-hydrogen) atoms. The zero-order valence-corrected chi connectivity index (χ0v) is 11.5. The van der Waals surface area contributed by atoms with Gasteiger partial charge in [-0.05, 0) is 31.7 Å². The van der Waals surface area contributed by atoms with Crippen molar-refractivity contribution in [3.63, 3.8) is 0 Å². The largest absolute Gasteiger partial charge is 0.354 e. The van der Waals surface area contributed by atoms with Crippen LogP contribution in [0.1, 0.15) is 37.7 Å². The van der Waals surface area contributed by atoms with Crippen LogP contribution < -0.4 is 11.1 Å². The zero-order valence-electron chi connectivity index (χ0n) is 10.7. The first kappa shape index (κ1) is 15.0. The van der Waals surface area contributed by atoms with Crippen molar-refractivity contribution in [2.24, 2.45) is 5.73 Å². The van der Waals surface area contributed by atoms with E-state index in [0.29, 0.717) is 6.54 Å². The fraction of sp³-hybridized carbons (Fsp3) is 0.500. The minimum absolute atomic E-state index is 0. The average molecular weight is 269 g/mol. The molecule has 1 saturated carbocycles. The molecule has 1 aliphatic carbocycles. The van der Waals surface area contributed by atoms with E-state index in [0.717, 1.165) is 18.4 Å². The number of nitrogens with one attached hydrogen (secondary N) is 1. The SMILES string of the molecule is CC(C(=O)NCC1(N)CCC1)c1ccccc1.Cl. The highest BCUT2D eigenvalue weighted by Gasteiger charge is 2.33. The molecule has 0 radical (unpaired) electrons. The van der Waals surface area contributed by atoms with Crippen LogP contribution in [-0.2, 0) is 4.79 Å². The topological polar surface area (TPSA) is 55.1 Å². The van der Waals surface area contributed by atoms with Gasteiger partial charge in [-0.3, -0.25) is 4.79 Å². The molecular weight excluding hydrogens is 248 g/mol. The number of amides is 1. The summed E-state index contributed by atoms with van der Waals surface area (Å²) < 4.78 is 0. The van der Waals surface area contributed by atoms with Crippen LogP contribution >= 0.6 is 12.4 Å². The van der Waals surface area contributed by atoms with Crippen LogP contribution in [0.2, 0.25) is 0 Å². The molecule has 1 aromatic rings. The lowest BCUT2D eigenvalue weighted by Crippen LogP contribution is -2.55. The van der Waals surface area contributed by atoms with Crippen LogP contribution in [0.15, 0.2) is 30.3 Å². The summed E-state index contributed by atoms with van der Waals surface area (Å²) in [4.78, 5) is 12.0. The second-order valence-corrected chi connectivity index (χ2v) is 5.07. The molecule has 3 N–H and O–H groups in total. The van der Waals surface area contributed by atoms with Crippen molar-refractivity contribution < 1.29 is 4.79 Å². The molecule has 1 amide bonds. The number of rotatable bonds is 4. The minimum Gasteiger partial charge on any atom is -0.354 e. The fourth-order valence-electron chi connectivity index (χ4n) is 2.12. The number of carbonyl (C=O) groups excluding carboxylic acids is 1. The maximum atomic E-state index is 12.0. The summed E-state index contributed by atoms with van der Waals surface area (Å²) in [5.74, 6) is -0.0483. The summed E-state index contributed by atoms with van der Waals surface area (Å²) in [5, 5.41) is 2.96. The third-order valence-corrected chi connectivity index (χ3v) is 3.66. The molecule has 2 rings (SSSR count). The van der Waals surface area contributed by atoms with Gasteiger partial charge in [0.2, 0.25) is 5.91 Å². The molecule has 4 heteroatoms. The van der Waals surface area contributed by atoms with Crippen LogP contribution in [0.4, 0.5) is 0 Å². The highest BCUT2D eigenvalue weighted by atomic mass is 35.5. The van der Waals surface area contributed by atoms with Gasteiger partial charge in [-0.1, -0.05) is 30.3 Å². The van der Waals surface area contributed by atoms with E-state index < -0.39 is 0 Å². The van der Waals surface area contributed by atoms with Gasteiger partial charge in [0.15, 0.2) is 0 Å². The van der Waals surface area contributed by atoms with Crippen molar-refractivity contribution in [1.82, 2.24) is 5.32 Å². The van der Waals surface area contributed by atoms with Crippen LogP contribution in [-0.4, -0.2) is 18.0 Å². The van der Waals surface area contributed by atoms with E-state index in [2.05, 4.69) is 5.32 Å². The maximum Gasteiger partial charge on any atom is 0.227 e. The number of halogens is 1. The summed E-state index contributed by atoms with van der Waals surface area (Å²) in [7, 11) is 0. The van der Waals surface area contributed by atoms with Gasteiger partial charge in [-0.25, -0.2) is 0 Å². The van der Waals surface area contributed by atoms with Gasteiger partial charge < -0.3 is 11.1 Å². The number of hydrogen-bond acceptors (Lipinski definition) is 2. The lowest BCUT2D eigenvalue weighted by Gasteiger charge is -2.38. The summed E-state index contributed by atoms with van der Waals surface area (Å²) in [5.41, 5.74) is 6.97. The molecule has 3 nitrogen and oxygen atoms in total. The molecule has 1 atom stereocenters. The van der Waals surface area contributed by atoms with Crippen LogP contribution in [0.5, 0.6) is 0 Å². The van der Waals surface area contributed by atoms with E-state index >= 15 is 0 Å². The van der Waals surface area contributed by atoms with E-state index in [1.54, 1.807) is 0 Å². The van der Waals surface area contributed by atoms with Crippen LogP contribution in [0.25, 0.3) is 0 Å². The van der Waals surface area contributed by atoms with Gasteiger partial charge in [0, 0.05) is 12.1 Å². The Labute approximate surface area is 115 Å². The number of nitrogens with two attached hydrogens (primary N) is 1. The maximum absolute atomic E-state index is 12.0. The first-order valence-electron chi connectivity index (χ1n) is 6.22. The summed E-state index contributed by atoms with van der Waals surface area (Å²) in [6.07, 6.45) is 3.22. The van der Waals surface area contributed by atoms with E-state index in [4.69, 9.17) is 5.73 Å². The van der Waals surface area contributed by atoms with Crippen molar-refractivity contribution >= 4 is 18.3 Å². The number of carbonyl (C=O) groups is 1. The lowest BCUT2D eigenvalue weighted by molar-refractivity contribution is -0.122. The van der Waals surface area contributed by atoms with Crippen molar-refractivity contribution in [1.29, 1.82) is 0 Å². The van der Waals surface area contributed by atoms with Gasteiger partial charge in [-0.15, -0.1) is 12.4 Å². The van der Waals surface area contributed by atoms with Crippen LogP contribution in [0, 0.1) is 0 Å². The van der Waals surface area contributed by atoms with Gasteiger partial charge in [-0.2, -0.15) is 0 Å². The first-order chi connectivity index (χ1) is 8.11. The van der Waals surface area contributed by atoms with Crippen LogP contribution in [0.3, 0.4) is 0 Å².